The summed E-state index contributed by atoms with van der Waals surface area (Å²) in [4.78, 5) is 0. The van der Waals surface area contributed by atoms with E-state index in [1.54, 1.807) is 7.11 Å². The summed E-state index contributed by atoms with van der Waals surface area (Å²) in [6.45, 7) is 1.08. The van der Waals surface area contributed by atoms with Crippen LogP contribution in [0.25, 0.3) is 0 Å². The van der Waals surface area contributed by atoms with E-state index in [-0.39, 0.29) is 0 Å². The highest BCUT2D eigenvalue weighted by Gasteiger charge is 2.11. The number of anilines is 1. The number of methoxy groups -OCH3 is 1. The van der Waals surface area contributed by atoms with E-state index in [1.165, 1.54) is 27.7 Å². The molecule has 2 rings (SSSR count). The van der Waals surface area contributed by atoms with Crippen LogP contribution in [0.5, 0.6) is 5.75 Å². The molecule has 2 nitrogen and oxygen atoms in total. The molecule has 0 bridgehead atoms. The van der Waals surface area contributed by atoms with Gasteiger partial charge in [0.05, 0.1) is 10.7 Å². The van der Waals surface area contributed by atoms with E-state index in [9.17, 15) is 0 Å². The van der Waals surface area contributed by atoms with Crippen LogP contribution in [-0.2, 0) is 6.42 Å². The maximum atomic E-state index is 5.26. The molecule has 3 heteroatoms. The molecule has 13 heavy (non-hydrogen) atoms. The number of hydrogen-bond donors (Lipinski definition) is 1. The van der Waals surface area contributed by atoms with Crippen molar-refractivity contribution in [3.8, 4) is 5.75 Å². The Labute approximate surface area is 91.8 Å². The van der Waals surface area contributed by atoms with Crippen molar-refractivity contribution < 1.29 is 4.74 Å². The van der Waals surface area contributed by atoms with E-state index in [1.807, 2.05) is 0 Å². The quantitative estimate of drug-likeness (QED) is 0.803. The fourth-order valence-electron chi connectivity index (χ4n) is 1.62. The molecule has 0 unspecified atom stereocenters. The van der Waals surface area contributed by atoms with Crippen molar-refractivity contribution in [1.82, 2.24) is 0 Å². The van der Waals surface area contributed by atoms with Crippen molar-refractivity contribution in [3.05, 3.63) is 21.3 Å². The number of aryl methyl sites for hydroxylation is 1. The van der Waals surface area contributed by atoms with Crippen molar-refractivity contribution >= 4 is 28.3 Å². The third-order valence-corrected chi connectivity index (χ3v) is 3.16. The monoisotopic (exact) mass is 289 g/mol. The van der Waals surface area contributed by atoms with Crippen LogP contribution in [-0.4, -0.2) is 13.7 Å². The second-order valence-electron chi connectivity index (χ2n) is 3.17. The Balaban J connectivity index is 2.44. The summed E-state index contributed by atoms with van der Waals surface area (Å²) in [7, 11) is 1.71. The van der Waals surface area contributed by atoms with E-state index in [0.717, 1.165) is 12.3 Å². The molecule has 0 saturated heterocycles. The van der Waals surface area contributed by atoms with Gasteiger partial charge in [-0.1, -0.05) is 0 Å². The van der Waals surface area contributed by atoms with Gasteiger partial charge in [0.25, 0.3) is 0 Å². The number of halogens is 1. The van der Waals surface area contributed by atoms with Gasteiger partial charge in [0, 0.05) is 18.3 Å². The van der Waals surface area contributed by atoms with Crippen LogP contribution >= 0.6 is 22.6 Å². The molecule has 1 heterocycles. The topological polar surface area (TPSA) is 21.3 Å². The minimum absolute atomic E-state index is 0.966. The molecule has 1 aromatic carbocycles. The van der Waals surface area contributed by atoms with Crippen molar-refractivity contribution in [3.63, 3.8) is 0 Å². The molecule has 0 radical (unpaired) electrons. The predicted molar refractivity (Wildman–Crippen MR) is 62.5 cm³/mol. The van der Waals surface area contributed by atoms with Crippen molar-refractivity contribution in [2.75, 3.05) is 19.0 Å². The second-order valence-corrected chi connectivity index (χ2v) is 4.34. The smallest absolute Gasteiger partial charge is 0.134 e. The Bertz CT molecular complexity index is 325. The van der Waals surface area contributed by atoms with Crippen LogP contribution in [0.15, 0.2) is 12.1 Å². The number of hydrogen-bond acceptors (Lipinski definition) is 2. The van der Waals surface area contributed by atoms with E-state index >= 15 is 0 Å². The fourth-order valence-corrected chi connectivity index (χ4v) is 2.38. The van der Waals surface area contributed by atoms with E-state index in [2.05, 4.69) is 40.0 Å². The molecule has 1 aromatic rings. The lowest BCUT2D eigenvalue weighted by Crippen LogP contribution is -2.12. The summed E-state index contributed by atoms with van der Waals surface area (Å²) in [6.07, 6.45) is 2.41. The summed E-state index contributed by atoms with van der Waals surface area (Å²) in [6, 6.07) is 4.30. The molecule has 0 fully saturated rings. The molecule has 0 aliphatic carbocycles. The summed E-state index contributed by atoms with van der Waals surface area (Å²) >= 11 is 2.31. The molecule has 1 N–H and O–H groups in total. The average molecular weight is 289 g/mol. The number of ether oxygens (including phenoxy) is 1. The van der Waals surface area contributed by atoms with E-state index in [4.69, 9.17) is 4.74 Å². The standard InChI is InChI=1S/C10H12INO/c1-13-10-6-9-7(5-8(10)11)3-2-4-12-9/h5-6,12H,2-4H2,1H3. The molecule has 0 amide bonds. The van der Waals surface area contributed by atoms with Gasteiger partial charge in [0.2, 0.25) is 0 Å². The van der Waals surface area contributed by atoms with Gasteiger partial charge >= 0.3 is 0 Å². The number of rotatable bonds is 1. The van der Waals surface area contributed by atoms with Gasteiger partial charge in [-0.05, 0) is 47.1 Å². The van der Waals surface area contributed by atoms with Gasteiger partial charge in [0.1, 0.15) is 5.75 Å². The van der Waals surface area contributed by atoms with Gasteiger partial charge in [-0.3, -0.25) is 0 Å². The Hall–Kier alpha value is -0.450. The first-order chi connectivity index (χ1) is 6.31. The second kappa shape index (κ2) is 3.74. The fraction of sp³-hybridized carbons (Fsp3) is 0.400. The highest BCUT2D eigenvalue weighted by Crippen LogP contribution is 2.31. The average Bonchev–Trinajstić information content (AvgIpc) is 2.17. The normalized spacial score (nSPS) is 14.6. The lowest BCUT2D eigenvalue weighted by atomic mass is 10.0. The molecule has 70 valence electrons. The zero-order valence-electron chi connectivity index (χ0n) is 7.56. The Morgan fingerprint density at radius 3 is 3.08 bits per heavy atom. The van der Waals surface area contributed by atoms with Gasteiger partial charge < -0.3 is 10.1 Å². The van der Waals surface area contributed by atoms with Gasteiger partial charge in [-0.2, -0.15) is 0 Å². The molecular weight excluding hydrogens is 277 g/mol. The molecule has 0 aromatic heterocycles. The van der Waals surface area contributed by atoms with Crippen LogP contribution in [0.3, 0.4) is 0 Å². The molecule has 1 aliphatic heterocycles. The number of benzene rings is 1. The number of fused-ring (bicyclic) bond motifs is 1. The molecule has 0 spiro atoms. The third-order valence-electron chi connectivity index (χ3n) is 2.32. The lowest BCUT2D eigenvalue weighted by molar-refractivity contribution is 0.411. The third kappa shape index (κ3) is 1.75. The van der Waals surface area contributed by atoms with Crippen molar-refractivity contribution in [2.24, 2.45) is 0 Å². The van der Waals surface area contributed by atoms with E-state index in [0.29, 0.717) is 0 Å². The maximum absolute atomic E-state index is 5.26. The Morgan fingerprint density at radius 1 is 1.46 bits per heavy atom. The van der Waals surface area contributed by atoms with Gasteiger partial charge in [-0.25, -0.2) is 0 Å². The summed E-state index contributed by atoms with van der Waals surface area (Å²) in [5.74, 6) is 0.966. The molecular formula is C10H12INO. The summed E-state index contributed by atoms with van der Waals surface area (Å²) in [5, 5.41) is 3.38. The van der Waals surface area contributed by atoms with Gasteiger partial charge in [0.15, 0.2) is 0 Å². The zero-order chi connectivity index (χ0) is 9.26. The minimum atomic E-state index is 0.966. The minimum Gasteiger partial charge on any atom is -0.496 e. The summed E-state index contributed by atoms with van der Waals surface area (Å²) < 4.78 is 6.46. The first-order valence-electron chi connectivity index (χ1n) is 4.41. The highest BCUT2D eigenvalue weighted by atomic mass is 127. The highest BCUT2D eigenvalue weighted by molar-refractivity contribution is 14.1. The molecule has 0 saturated carbocycles. The van der Waals surface area contributed by atoms with Crippen LogP contribution in [0, 0.1) is 3.57 Å². The van der Waals surface area contributed by atoms with Crippen LogP contribution in [0.1, 0.15) is 12.0 Å². The lowest BCUT2D eigenvalue weighted by Gasteiger charge is -2.19. The SMILES string of the molecule is COc1cc2c(cc1I)CCCN2. The van der Waals surface area contributed by atoms with Crippen molar-refractivity contribution in [1.29, 1.82) is 0 Å². The largest absolute Gasteiger partial charge is 0.496 e. The van der Waals surface area contributed by atoms with Crippen molar-refractivity contribution in [2.45, 2.75) is 12.8 Å². The first-order valence-corrected chi connectivity index (χ1v) is 5.49. The molecule has 0 atom stereocenters. The zero-order valence-corrected chi connectivity index (χ0v) is 9.72. The van der Waals surface area contributed by atoms with Crippen LogP contribution < -0.4 is 10.1 Å². The Morgan fingerprint density at radius 2 is 2.31 bits per heavy atom. The predicted octanol–water partition coefficient (Wildman–Crippen LogP) is 2.66. The maximum Gasteiger partial charge on any atom is 0.134 e. The molecule has 1 aliphatic rings. The van der Waals surface area contributed by atoms with Crippen LogP contribution in [0.2, 0.25) is 0 Å². The number of nitrogens with one attached hydrogen (secondary N) is 1. The van der Waals surface area contributed by atoms with Crippen LogP contribution in [0.4, 0.5) is 5.69 Å². The first kappa shape index (κ1) is 9.12. The Kier molecular flexibility index (Phi) is 2.62. The van der Waals surface area contributed by atoms with Gasteiger partial charge in [-0.15, -0.1) is 0 Å². The summed E-state index contributed by atoms with van der Waals surface area (Å²) in [5.41, 5.74) is 2.65. The van der Waals surface area contributed by atoms with E-state index < -0.39 is 0 Å².